The molecule has 6 heteroatoms. The fourth-order valence-electron chi connectivity index (χ4n) is 2.11. The highest BCUT2D eigenvalue weighted by Gasteiger charge is 2.06. The molecule has 3 aromatic rings. The van der Waals surface area contributed by atoms with Crippen molar-refractivity contribution >= 4 is 23.7 Å². The predicted octanol–water partition coefficient (Wildman–Crippen LogP) is 4.28. The Kier molecular flexibility index (Phi) is 5.49. The lowest BCUT2D eigenvalue weighted by Crippen LogP contribution is -2.17. The quantitative estimate of drug-likeness (QED) is 0.531. The van der Waals surface area contributed by atoms with Crippen molar-refractivity contribution in [3.8, 4) is 5.75 Å². The summed E-state index contributed by atoms with van der Waals surface area (Å²) in [5, 5.41) is 4.40. The van der Waals surface area contributed by atoms with E-state index in [0.29, 0.717) is 28.7 Å². The molecule has 126 valence electrons. The first kappa shape index (κ1) is 16.8. The van der Waals surface area contributed by atoms with Gasteiger partial charge in [-0.15, -0.1) is 0 Å². The highest BCUT2D eigenvalue weighted by Crippen LogP contribution is 2.24. The SMILES string of the molecule is O=C(N/N=C\c1ccco1)c1cccc(COc2ccccc2Cl)c1. The normalized spacial score (nSPS) is 10.8. The number of hydrazone groups is 1. The van der Waals surface area contributed by atoms with Crippen LogP contribution in [-0.2, 0) is 6.61 Å². The molecule has 0 atom stereocenters. The topological polar surface area (TPSA) is 63.8 Å². The highest BCUT2D eigenvalue weighted by molar-refractivity contribution is 6.32. The van der Waals surface area contributed by atoms with Crippen LogP contribution < -0.4 is 10.2 Å². The number of para-hydroxylation sites is 1. The summed E-state index contributed by atoms with van der Waals surface area (Å²) in [6, 6.07) is 17.8. The molecule has 25 heavy (non-hydrogen) atoms. The van der Waals surface area contributed by atoms with E-state index in [2.05, 4.69) is 10.5 Å². The second-order valence-electron chi connectivity index (χ2n) is 5.13. The molecule has 0 aliphatic rings. The molecule has 0 fully saturated rings. The van der Waals surface area contributed by atoms with E-state index in [1.54, 1.807) is 42.5 Å². The number of furan rings is 1. The van der Waals surface area contributed by atoms with E-state index < -0.39 is 0 Å². The minimum Gasteiger partial charge on any atom is -0.487 e. The zero-order chi connectivity index (χ0) is 17.5. The lowest BCUT2D eigenvalue weighted by atomic mass is 10.1. The standard InChI is InChI=1S/C19H15ClN2O3/c20-17-8-1-2-9-18(17)25-13-14-5-3-6-15(11-14)19(23)22-21-12-16-7-4-10-24-16/h1-12H,13H2,(H,22,23)/b21-12-. The predicted molar refractivity (Wildman–Crippen MR) is 96.0 cm³/mol. The average molecular weight is 355 g/mol. The Morgan fingerprint density at radius 1 is 1.16 bits per heavy atom. The number of carbonyl (C=O) groups excluding carboxylic acids is 1. The van der Waals surface area contributed by atoms with Crippen molar-refractivity contribution < 1.29 is 13.9 Å². The number of rotatable bonds is 6. The molecular weight excluding hydrogens is 340 g/mol. The zero-order valence-electron chi connectivity index (χ0n) is 13.2. The van der Waals surface area contributed by atoms with Gasteiger partial charge in [-0.25, -0.2) is 5.43 Å². The molecular formula is C19H15ClN2O3. The summed E-state index contributed by atoms with van der Waals surface area (Å²) in [7, 11) is 0. The highest BCUT2D eigenvalue weighted by atomic mass is 35.5. The van der Waals surface area contributed by atoms with Crippen LogP contribution in [0.3, 0.4) is 0 Å². The van der Waals surface area contributed by atoms with Gasteiger partial charge in [0, 0.05) is 5.56 Å². The molecule has 1 N–H and O–H groups in total. The molecule has 3 rings (SSSR count). The van der Waals surface area contributed by atoms with E-state index in [9.17, 15) is 4.79 Å². The van der Waals surface area contributed by atoms with Gasteiger partial charge in [-0.1, -0.05) is 35.9 Å². The zero-order valence-corrected chi connectivity index (χ0v) is 13.9. The van der Waals surface area contributed by atoms with Crippen LogP contribution in [0.25, 0.3) is 0 Å². The van der Waals surface area contributed by atoms with Crippen LogP contribution in [0, 0.1) is 0 Å². The van der Waals surface area contributed by atoms with Crippen LogP contribution in [0.1, 0.15) is 21.7 Å². The molecule has 0 saturated heterocycles. The van der Waals surface area contributed by atoms with Crippen LogP contribution in [0.4, 0.5) is 0 Å². The van der Waals surface area contributed by atoms with Gasteiger partial charge in [-0.2, -0.15) is 5.10 Å². The summed E-state index contributed by atoms with van der Waals surface area (Å²) in [5.74, 6) is 0.839. The van der Waals surface area contributed by atoms with Gasteiger partial charge in [0.25, 0.3) is 5.91 Å². The van der Waals surface area contributed by atoms with Gasteiger partial charge in [0.05, 0.1) is 17.5 Å². The number of benzene rings is 2. The Hall–Kier alpha value is -3.05. The van der Waals surface area contributed by atoms with Crippen molar-refractivity contribution in [3.05, 3.63) is 88.8 Å². The van der Waals surface area contributed by atoms with E-state index in [0.717, 1.165) is 5.56 Å². The maximum atomic E-state index is 12.1. The smallest absolute Gasteiger partial charge is 0.271 e. The molecule has 0 spiro atoms. The van der Waals surface area contributed by atoms with Gasteiger partial charge >= 0.3 is 0 Å². The second kappa shape index (κ2) is 8.17. The van der Waals surface area contributed by atoms with Gasteiger partial charge in [-0.3, -0.25) is 4.79 Å². The van der Waals surface area contributed by atoms with Gasteiger partial charge in [-0.05, 0) is 42.0 Å². The van der Waals surface area contributed by atoms with Crippen molar-refractivity contribution in [1.29, 1.82) is 0 Å². The average Bonchev–Trinajstić information content (AvgIpc) is 3.15. The lowest BCUT2D eigenvalue weighted by Gasteiger charge is -2.08. The third-order valence-corrected chi connectivity index (χ3v) is 3.63. The number of hydrogen-bond donors (Lipinski definition) is 1. The Morgan fingerprint density at radius 2 is 2.04 bits per heavy atom. The van der Waals surface area contributed by atoms with Crippen molar-refractivity contribution in [2.75, 3.05) is 0 Å². The van der Waals surface area contributed by atoms with Crippen molar-refractivity contribution in [2.45, 2.75) is 6.61 Å². The summed E-state index contributed by atoms with van der Waals surface area (Å²) < 4.78 is 10.8. The summed E-state index contributed by atoms with van der Waals surface area (Å²) in [6.45, 7) is 0.306. The van der Waals surface area contributed by atoms with Gasteiger partial charge < -0.3 is 9.15 Å². The molecule has 5 nitrogen and oxygen atoms in total. The number of nitrogens with zero attached hydrogens (tertiary/aromatic N) is 1. The Morgan fingerprint density at radius 3 is 2.84 bits per heavy atom. The van der Waals surface area contributed by atoms with Crippen LogP contribution in [0.2, 0.25) is 5.02 Å². The Labute approximate surface area is 149 Å². The maximum absolute atomic E-state index is 12.1. The lowest BCUT2D eigenvalue weighted by molar-refractivity contribution is 0.0955. The molecule has 0 aliphatic carbocycles. The van der Waals surface area contributed by atoms with Gasteiger partial charge in [0.2, 0.25) is 0 Å². The van der Waals surface area contributed by atoms with E-state index in [1.807, 2.05) is 18.2 Å². The summed E-state index contributed by atoms with van der Waals surface area (Å²) in [6.07, 6.45) is 2.97. The molecule has 2 aromatic carbocycles. The summed E-state index contributed by atoms with van der Waals surface area (Å²) in [4.78, 5) is 12.1. The summed E-state index contributed by atoms with van der Waals surface area (Å²) >= 11 is 6.06. The molecule has 0 saturated carbocycles. The monoisotopic (exact) mass is 354 g/mol. The van der Waals surface area contributed by atoms with E-state index in [4.69, 9.17) is 20.8 Å². The third kappa shape index (κ3) is 4.71. The number of hydrogen-bond acceptors (Lipinski definition) is 4. The van der Waals surface area contributed by atoms with Crippen LogP contribution in [-0.4, -0.2) is 12.1 Å². The molecule has 0 radical (unpaired) electrons. The van der Waals surface area contributed by atoms with Crippen molar-refractivity contribution in [2.24, 2.45) is 5.10 Å². The first-order valence-corrected chi connectivity index (χ1v) is 7.93. The van der Waals surface area contributed by atoms with E-state index in [1.165, 1.54) is 12.5 Å². The van der Waals surface area contributed by atoms with Crippen molar-refractivity contribution in [3.63, 3.8) is 0 Å². The number of amides is 1. The molecule has 0 aliphatic heterocycles. The number of carbonyl (C=O) groups is 1. The van der Waals surface area contributed by atoms with Gasteiger partial charge in [0.1, 0.15) is 18.1 Å². The van der Waals surface area contributed by atoms with Gasteiger partial charge in [0.15, 0.2) is 0 Å². The minimum absolute atomic E-state index is 0.306. The molecule has 0 bridgehead atoms. The van der Waals surface area contributed by atoms with E-state index in [-0.39, 0.29) is 5.91 Å². The fraction of sp³-hybridized carbons (Fsp3) is 0.0526. The molecule has 0 unspecified atom stereocenters. The largest absolute Gasteiger partial charge is 0.487 e. The van der Waals surface area contributed by atoms with Crippen LogP contribution in [0.15, 0.2) is 76.4 Å². The summed E-state index contributed by atoms with van der Waals surface area (Å²) in [5.41, 5.74) is 3.79. The first-order chi connectivity index (χ1) is 12.2. The second-order valence-corrected chi connectivity index (χ2v) is 5.54. The number of ether oxygens (including phenoxy) is 1. The third-order valence-electron chi connectivity index (χ3n) is 3.32. The Bertz CT molecular complexity index is 876. The first-order valence-electron chi connectivity index (χ1n) is 7.55. The minimum atomic E-state index is -0.317. The fourth-order valence-corrected chi connectivity index (χ4v) is 2.30. The van der Waals surface area contributed by atoms with Crippen molar-refractivity contribution in [1.82, 2.24) is 5.43 Å². The maximum Gasteiger partial charge on any atom is 0.271 e. The Balaban J connectivity index is 1.60. The molecule has 1 aromatic heterocycles. The van der Waals surface area contributed by atoms with Crippen LogP contribution >= 0.6 is 11.6 Å². The van der Waals surface area contributed by atoms with E-state index >= 15 is 0 Å². The number of halogens is 1. The molecule has 1 amide bonds. The molecule has 1 heterocycles. The van der Waals surface area contributed by atoms with Crippen LogP contribution in [0.5, 0.6) is 5.75 Å². The number of nitrogens with one attached hydrogen (secondary N) is 1.